The van der Waals surface area contributed by atoms with E-state index in [0.717, 1.165) is 10.0 Å². The smallest absolute Gasteiger partial charge is 0.237 e. The third-order valence-corrected chi connectivity index (χ3v) is 5.93. The number of rotatable bonds is 6. The minimum absolute atomic E-state index is 0.101. The molecule has 1 aromatic heterocycles. The van der Waals surface area contributed by atoms with Crippen molar-refractivity contribution in [3.05, 3.63) is 58.6 Å². The number of carbonyl (C=O) groups excluding carboxylic acids is 1. The van der Waals surface area contributed by atoms with Crippen LogP contribution in [0.25, 0.3) is 5.69 Å². The summed E-state index contributed by atoms with van der Waals surface area (Å²) in [4.78, 5) is 12.4. The number of ether oxygens (including phenoxy) is 1. The van der Waals surface area contributed by atoms with Gasteiger partial charge in [-0.2, -0.15) is 0 Å². The summed E-state index contributed by atoms with van der Waals surface area (Å²) in [7, 11) is 1.59. The number of nitrogens with zero attached hydrogens (tertiary/aromatic N) is 2. The van der Waals surface area contributed by atoms with Crippen LogP contribution >= 0.6 is 35.3 Å². The highest BCUT2D eigenvalue weighted by Gasteiger charge is 2.18. The molecular formula is C18H17N3O2S3. The quantitative estimate of drug-likeness (QED) is 0.474. The van der Waals surface area contributed by atoms with Crippen molar-refractivity contribution in [2.45, 2.75) is 16.5 Å². The topological polar surface area (TPSA) is 56.1 Å². The van der Waals surface area contributed by atoms with Crippen LogP contribution in [0.15, 0.2) is 58.9 Å². The number of hydrogen-bond donors (Lipinski definition) is 1. The molecule has 0 spiro atoms. The van der Waals surface area contributed by atoms with E-state index in [0.29, 0.717) is 15.4 Å². The van der Waals surface area contributed by atoms with Crippen molar-refractivity contribution < 1.29 is 9.53 Å². The third-order valence-electron chi connectivity index (χ3n) is 3.51. The highest BCUT2D eigenvalue weighted by molar-refractivity contribution is 8.02. The van der Waals surface area contributed by atoms with Gasteiger partial charge in [-0.05, 0) is 43.4 Å². The molecule has 8 heteroatoms. The Balaban J connectivity index is 1.69. The van der Waals surface area contributed by atoms with Crippen LogP contribution in [0.4, 0.5) is 5.69 Å². The highest BCUT2D eigenvalue weighted by Crippen LogP contribution is 2.28. The molecule has 0 saturated heterocycles. The Labute approximate surface area is 165 Å². The van der Waals surface area contributed by atoms with E-state index in [2.05, 4.69) is 10.4 Å². The molecule has 134 valence electrons. The second kappa shape index (κ2) is 8.48. The van der Waals surface area contributed by atoms with E-state index in [4.69, 9.17) is 17.0 Å². The van der Waals surface area contributed by atoms with Gasteiger partial charge in [-0.25, -0.2) is 4.68 Å². The van der Waals surface area contributed by atoms with Crippen LogP contribution in [-0.2, 0) is 4.79 Å². The Morgan fingerprint density at radius 2 is 2.04 bits per heavy atom. The van der Waals surface area contributed by atoms with Gasteiger partial charge in [0.05, 0.1) is 18.0 Å². The minimum atomic E-state index is -0.314. The van der Waals surface area contributed by atoms with E-state index >= 15 is 0 Å². The molecule has 3 rings (SSSR count). The van der Waals surface area contributed by atoms with Crippen LogP contribution in [0.3, 0.4) is 0 Å². The zero-order valence-electron chi connectivity index (χ0n) is 14.2. The van der Waals surface area contributed by atoms with Gasteiger partial charge in [0.2, 0.25) is 5.91 Å². The largest absolute Gasteiger partial charge is 0.497 e. The van der Waals surface area contributed by atoms with Gasteiger partial charge >= 0.3 is 0 Å². The molecule has 0 fully saturated rings. The van der Waals surface area contributed by atoms with Crippen LogP contribution < -0.4 is 10.1 Å². The molecule has 26 heavy (non-hydrogen) atoms. The molecule has 5 nitrogen and oxygen atoms in total. The lowest BCUT2D eigenvalue weighted by molar-refractivity contribution is -0.115. The fraction of sp³-hybridized carbons (Fsp3) is 0.167. The minimum Gasteiger partial charge on any atom is -0.497 e. The van der Waals surface area contributed by atoms with Crippen molar-refractivity contribution >= 4 is 46.9 Å². The number of benzene rings is 2. The van der Waals surface area contributed by atoms with Crippen molar-refractivity contribution in [2.75, 3.05) is 12.4 Å². The van der Waals surface area contributed by atoms with Gasteiger partial charge in [-0.15, -0.1) is 5.10 Å². The van der Waals surface area contributed by atoms with Crippen LogP contribution in [0.5, 0.6) is 5.75 Å². The number of methoxy groups -OCH3 is 1. The molecule has 0 bridgehead atoms. The van der Waals surface area contributed by atoms with E-state index in [1.807, 2.05) is 55.5 Å². The predicted octanol–water partition coefficient (Wildman–Crippen LogP) is 4.79. The molecule has 0 saturated carbocycles. The van der Waals surface area contributed by atoms with Crippen molar-refractivity contribution in [3.63, 3.8) is 0 Å². The van der Waals surface area contributed by atoms with E-state index < -0.39 is 0 Å². The SMILES string of the molecule is COc1cccc(NC(=O)C(C)Sc2nn(-c3ccccc3)c(=S)s2)c1. The number of carbonyl (C=O) groups is 1. The maximum atomic E-state index is 12.4. The van der Waals surface area contributed by atoms with Gasteiger partial charge in [0.25, 0.3) is 0 Å². The molecule has 1 unspecified atom stereocenters. The summed E-state index contributed by atoms with van der Waals surface area (Å²) in [5.74, 6) is 0.596. The van der Waals surface area contributed by atoms with Gasteiger partial charge in [0, 0.05) is 11.8 Å². The average Bonchev–Trinajstić information content (AvgIpc) is 3.02. The Morgan fingerprint density at radius 3 is 2.77 bits per heavy atom. The first-order valence-electron chi connectivity index (χ1n) is 7.84. The molecule has 2 aromatic carbocycles. The van der Waals surface area contributed by atoms with Gasteiger partial charge < -0.3 is 10.1 Å². The second-order valence-corrected chi connectivity index (χ2v) is 8.57. The number of aromatic nitrogens is 2. The second-order valence-electron chi connectivity index (χ2n) is 5.36. The maximum absolute atomic E-state index is 12.4. The molecule has 1 amide bonds. The van der Waals surface area contributed by atoms with E-state index in [1.165, 1.54) is 23.1 Å². The van der Waals surface area contributed by atoms with Gasteiger partial charge in [0.15, 0.2) is 8.29 Å². The monoisotopic (exact) mass is 403 g/mol. The third kappa shape index (κ3) is 4.51. The van der Waals surface area contributed by atoms with Crippen LogP contribution in [0.1, 0.15) is 6.92 Å². The summed E-state index contributed by atoms with van der Waals surface area (Å²) in [5, 5.41) is 7.11. The molecule has 3 aromatic rings. The molecular weight excluding hydrogens is 386 g/mol. The Kier molecular flexibility index (Phi) is 6.08. The van der Waals surface area contributed by atoms with Crippen molar-refractivity contribution in [1.29, 1.82) is 0 Å². The molecule has 0 aliphatic carbocycles. The number of anilines is 1. The lowest BCUT2D eigenvalue weighted by Gasteiger charge is -2.11. The van der Waals surface area contributed by atoms with Crippen molar-refractivity contribution in [3.8, 4) is 11.4 Å². The summed E-state index contributed by atoms with van der Waals surface area (Å²) in [6, 6.07) is 17.0. The fourth-order valence-electron chi connectivity index (χ4n) is 2.19. The zero-order valence-corrected chi connectivity index (χ0v) is 16.7. The summed E-state index contributed by atoms with van der Waals surface area (Å²) < 4.78 is 8.30. The summed E-state index contributed by atoms with van der Waals surface area (Å²) in [6.45, 7) is 1.84. The highest BCUT2D eigenvalue weighted by atomic mass is 32.2. The van der Waals surface area contributed by atoms with Crippen molar-refractivity contribution in [2.24, 2.45) is 0 Å². The zero-order chi connectivity index (χ0) is 18.5. The Morgan fingerprint density at radius 1 is 1.27 bits per heavy atom. The molecule has 0 aliphatic heterocycles. The summed E-state index contributed by atoms with van der Waals surface area (Å²) >= 11 is 8.18. The van der Waals surface area contributed by atoms with Crippen LogP contribution in [0.2, 0.25) is 0 Å². The number of hydrogen-bond acceptors (Lipinski definition) is 6. The first-order chi connectivity index (χ1) is 12.6. The lowest BCUT2D eigenvalue weighted by Crippen LogP contribution is -2.22. The molecule has 1 N–H and O–H groups in total. The predicted molar refractivity (Wildman–Crippen MR) is 109 cm³/mol. The van der Waals surface area contributed by atoms with Crippen LogP contribution in [-0.4, -0.2) is 28.0 Å². The first-order valence-corrected chi connectivity index (χ1v) is 9.94. The van der Waals surface area contributed by atoms with Gasteiger partial charge in [-0.3, -0.25) is 4.79 Å². The number of thioether (sulfide) groups is 1. The molecule has 1 heterocycles. The van der Waals surface area contributed by atoms with Crippen molar-refractivity contribution in [1.82, 2.24) is 9.78 Å². The number of amides is 1. The first kappa shape index (κ1) is 18.6. The van der Waals surface area contributed by atoms with Gasteiger partial charge in [-0.1, -0.05) is 47.4 Å². The average molecular weight is 404 g/mol. The molecule has 0 aliphatic rings. The van der Waals surface area contributed by atoms with Crippen LogP contribution in [0, 0.1) is 3.95 Å². The Bertz CT molecular complexity index is 954. The molecule has 0 radical (unpaired) electrons. The van der Waals surface area contributed by atoms with E-state index in [9.17, 15) is 4.79 Å². The molecule has 1 atom stereocenters. The van der Waals surface area contributed by atoms with E-state index in [1.54, 1.807) is 17.9 Å². The summed E-state index contributed by atoms with van der Waals surface area (Å²) in [5.41, 5.74) is 1.61. The fourth-order valence-corrected chi connectivity index (χ4v) is 4.70. The number of para-hydroxylation sites is 1. The maximum Gasteiger partial charge on any atom is 0.237 e. The summed E-state index contributed by atoms with van der Waals surface area (Å²) in [6.07, 6.45) is 0. The normalized spacial score (nSPS) is 11.8. The van der Waals surface area contributed by atoms with E-state index in [-0.39, 0.29) is 11.2 Å². The standard InChI is InChI=1S/C18H17N3O2S3/c1-12(16(22)19-13-7-6-10-15(11-13)23-2)25-17-20-21(18(24)26-17)14-8-4-3-5-9-14/h3-12H,1-2H3,(H,19,22). The number of nitrogens with one attached hydrogen (secondary N) is 1. The van der Waals surface area contributed by atoms with Gasteiger partial charge in [0.1, 0.15) is 5.75 Å². The lowest BCUT2D eigenvalue weighted by atomic mass is 10.3. The Hall–Kier alpha value is -2.16.